The predicted molar refractivity (Wildman–Crippen MR) is 374 cm³/mol. The predicted octanol–water partition coefficient (Wildman–Crippen LogP) is 28.0. The van der Waals surface area contributed by atoms with Crippen molar-refractivity contribution in [2.75, 3.05) is 24.7 Å². The maximum atomic E-state index is 14.6. The first-order chi connectivity index (χ1) is 41.1. The quantitative estimate of drug-likeness (QED) is 0.0449. The second-order valence-corrected chi connectivity index (χ2v) is 28.3. The van der Waals surface area contributed by atoms with Crippen molar-refractivity contribution in [1.29, 1.82) is 0 Å². The largest absolute Gasteiger partial charge is 0.466 e. The van der Waals surface area contributed by atoms with Gasteiger partial charge in [-0.3, -0.25) is 9.59 Å². The van der Waals surface area contributed by atoms with Crippen molar-refractivity contribution in [2.24, 2.45) is 5.41 Å². The second-order valence-electron chi connectivity index (χ2n) is 27.2. The van der Waals surface area contributed by atoms with Crippen LogP contribution in [0.2, 0.25) is 0 Å². The van der Waals surface area contributed by atoms with Gasteiger partial charge in [-0.1, -0.05) is 426 Å². The second kappa shape index (κ2) is 72.0. The summed E-state index contributed by atoms with van der Waals surface area (Å²) in [7, 11) is 0. The first kappa shape index (κ1) is 82.3. The third-order valence-electron chi connectivity index (χ3n) is 18.8. The molecule has 496 valence electrons. The molecule has 83 heavy (non-hydrogen) atoms. The molecular weight excluding hydrogens is 1030 g/mol. The Morgan fingerprint density at radius 1 is 0.253 bits per heavy atom. The van der Waals surface area contributed by atoms with E-state index < -0.39 is 5.41 Å². The number of hydrogen-bond acceptors (Lipinski definition) is 5. The van der Waals surface area contributed by atoms with Crippen molar-refractivity contribution >= 4 is 23.7 Å². The van der Waals surface area contributed by atoms with Crippen LogP contribution in [0.15, 0.2) is 0 Å². The van der Waals surface area contributed by atoms with E-state index in [1.54, 1.807) is 0 Å². The molecule has 0 unspecified atom stereocenters. The third-order valence-corrected chi connectivity index (χ3v) is 20.0. The average molecular weight is 1190 g/mol. The van der Waals surface area contributed by atoms with Crippen molar-refractivity contribution in [2.45, 2.75) is 458 Å². The van der Waals surface area contributed by atoms with Gasteiger partial charge >= 0.3 is 11.9 Å². The van der Waals surface area contributed by atoms with Crippen LogP contribution in [0.3, 0.4) is 0 Å². The zero-order chi connectivity index (χ0) is 60.0. The van der Waals surface area contributed by atoms with Crippen LogP contribution in [0.1, 0.15) is 458 Å². The molecule has 5 heteroatoms. The van der Waals surface area contributed by atoms with Crippen LogP contribution in [0.5, 0.6) is 0 Å². The molecule has 0 aromatic rings. The maximum Gasteiger partial charge on any atom is 0.312 e. The summed E-state index contributed by atoms with van der Waals surface area (Å²) in [6, 6.07) is 0. The van der Waals surface area contributed by atoms with Gasteiger partial charge in [0.2, 0.25) is 0 Å². The van der Waals surface area contributed by atoms with Crippen LogP contribution in [0.4, 0.5) is 0 Å². The summed E-state index contributed by atoms with van der Waals surface area (Å²) in [4.78, 5) is 27.6. The molecule has 0 aliphatic rings. The SMILES string of the molecule is CCCCCCCCCCCCCCCCCCOC(=O)CCSCC(CCCCCCCCCCCCCCCCCC)(CCCCCCCCCCCCCCCCCC)C(=O)OCCCCCCCCCCCCCCCCCC. The van der Waals surface area contributed by atoms with Gasteiger partial charge in [-0.25, -0.2) is 0 Å². The summed E-state index contributed by atoms with van der Waals surface area (Å²) in [6.07, 6.45) is 89.0. The number of ether oxygens (including phenoxy) is 2. The van der Waals surface area contributed by atoms with Crippen LogP contribution in [-0.2, 0) is 19.1 Å². The van der Waals surface area contributed by atoms with Crippen molar-refractivity contribution in [3.05, 3.63) is 0 Å². The van der Waals surface area contributed by atoms with E-state index in [0.717, 1.165) is 62.9 Å². The Bertz CT molecular complexity index is 1190. The minimum atomic E-state index is -0.455. The van der Waals surface area contributed by atoms with Gasteiger partial charge in [-0.2, -0.15) is 11.8 Å². The van der Waals surface area contributed by atoms with Gasteiger partial charge in [0.15, 0.2) is 0 Å². The molecule has 0 aromatic heterocycles. The molecule has 0 heterocycles. The van der Waals surface area contributed by atoms with Crippen molar-refractivity contribution < 1.29 is 19.1 Å². The fraction of sp³-hybridized carbons (Fsp3) is 0.974. The molecule has 0 aliphatic carbocycles. The molecular formula is C78H154O4S. The van der Waals surface area contributed by atoms with E-state index in [9.17, 15) is 9.59 Å². The Balaban J connectivity index is 5.15. The molecule has 0 bridgehead atoms. The monoisotopic (exact) mass is 1190 g/mol. The molecule has 0 aliphatic heterocycles. The van der Waals surface area contributed by atoms with Crippen molar-refractivity contribution in [3.63, 3.8) is 0 Å². The first-order valence-electron chi connectivity index (χ1n) is 39.0. The summed E-state index contributed by atoms with van der Waals surface area (Å²) in [6.45, 7) is 10.3. The van der Waals surface area contributed by atoms with Gasteiger partial charge in [0.1, 0.15) is 0 Å². The number of thioether (sulfide) groups is 1. The van der Waals surface area contributed by atoms with Gasteiger partial charge in [-0.15, -0.1) is 0 Å². The molecule has 4 nitrogen and oxygen atoms in total. The normalized spacial score (nSPS) is 11.8. The highest BCUT2D eigenvalue weighted by molar-refractivity contribution is 7.99. The topological polar surface area (TPSA) is 52.6 Å². The number of rotatable bonds is 74. The van der Waals surface area contributed by atoms with Crippen LogP contribution in [-0.4, -0.2) is 36.7 Å². The lowest BCUT2D eigenvalue weighted by Crippen LogP contribution is -2.36. The molecule has 0 fully saturated rings. The number of unbranched alkanes of at least 4 members (excludes halogenated alkanes) is 60. The Hall–Kier alpha value is -0.710. The summed E-state index contributed by atoms with van der Waals surface area (Å²) >= 11 is 1.82. The molecule has 0 N–H and O–H groups in total. The molecule has 0 atom stereocenters. The lowest BCUT2D eigenvalue weighted by atomic mass is 9.79. The zero-order valence-corrected chi connectivity index (χ0v) is 58.6. The van der Waals surface area contributed by atoms with Gasteiger partial charge in [-0.05, 0) is 25.7 Å². The Morgan fingerprint density at radius 2 is 0.446 bits per heavy atom. The van der Waals surface area contributed by atoms with E-state index in [2.05, 4.69) is 27.7 Å². The number of hydrogen-bond donors (Lipinski definition) is 0. The highest BCUT2D eigenvalue weighted by Gasteiger charge is 2.39. The average Bonchev–Trinajstić information content (AvgIpc) is 3.52. The van der Waals surface area contributed by atoms with E-state index in [1.807, 2.05) is 11.8 Å². The van der Waals surface area contributed by atoms with Gasteiger partial charge < -0.3 is 9.47 Å². The summed E-state index contributed by atoms with van der Waals surface area (Å²) in [5, 5.41) is 0. The summed E-state index contributed by atoms with van der Waals surface area (Å²) in [5.41, 5.74) is -0.455. The lowest BCUT2D eigenvalue weighted by molar-refractivity contribution is -0.155. The Labute approximate surface area is 528 Å². The van der Waals surface area contributed by atoms with E-state index in [-0.39, 0.29) is 11.9 Å². The smallest absolute Gasteiger partial charge is 0.312 e. The van der Waals surface area contributed by atoms with Crippen LogP contribution < -0.4 is 0 Å². The molecule has 0 saturated carbocycles. The fourth-order valence-corrected chi connectivity index (χ4v) is 14.1. The van der Waals surface area contributed by atoms with Gasteiger partial charge in [0, 0.05) is 11.5 Å². The number of carbonyl (C=O) groups is 2. The maximum absolute atomic E-state index is 14.6. The minimum absolute atomic E-state index is 0.0641. The summed E-state index contributed by atoms with van der Waals surface area (Å²) in [5.74, 6) is 1.50. The van der Waals surface area contributed by atoms with E-state index >= 15 is 0 Å². The highest BCUT2D eigenvalue weighted by atomic mass is 32.2. The summed E-state index contributed by atoms with van der Waals surface area (Å²) < 4.78 is 12.1. The Kier molecular flexibility index (Phi) is 71.4. The fourth-order valence-electron chi connectivity index (χ4n) is 12.9. The van der Waals surface area contributed by atoms with Gasteiger partial charge in [0.25, 0.3) is 0 Å². The first-order valence-corrected chi connectivity index (χ1v) is 40.1. The van der Waals surface area contributed by atoms with E-state index in [1.165, 1.54) is 372 Å². The Morgan fingerprint density at radius 3 is 0.675 bits per heavy atom. The molecule has 0 spiro atoms. The lowest BCUT2D eigenvalue weighted by Gasteiger charge is -2.32. The molecule has 0 rings (SSSR count). The molecule has 0 radical (unpaired) electrons. The number of esters is 2. The minimum Gasteiger partial charge on any atom is -0.466 e. The van der Waals surface area contributed by atoms with Crippen LogP contribution in [0.25, 0.3) is 0 Å². The van der Waals surface area contributed by atoms with Crippen LogP contribution >= 0.6 is 11.8 Å². The third kappa shape index (κ3) is 64.1. The molecule has 0 aromatic carbocycles. The van der Waals surface area contributed by atoms with E-state index in [0.29, 0.717) is 19.6 Å². The van der Waals surface area contributed by atoms with Crippen molar-refractivity contribution in [1.82, 2.24) is 0 Å². The number of carbonyl (C=O) groups excluding carboxylic acids is 2. The standard InChI is InChI=1S/C78H154O4S/c1-5-9-13-17-21-25-29-33-37-41-45-49-53-57-61-65-70-78(71-66-62-58-54-50-46-42-38-34-30-26-22-18-14-10-6-2,77(80)82-73-68-64-60-56-52-48-44-40-36-32-28-24-20-16-12-8-4)75-83-74-69-76(79)81-72-67-63-59-55-51-47-43-39-35-31-27-23-19-15-11-7-3/h5-75H2,1-4H3. The van der Waals surface area contributed by atoms with Crippen LogP contribution in [0, 0.1) is 5.41 Å². The van der Waals surface area contributed by atoms with Gasteiger partial charge in [0.05, 0.1) is 25.0 Å². The van der Waals surface area contributed by atoms with E-state index in [4.69, 9.17) is 9.47 Å². The zero-order valence-electron chi connectivity index (χ0n) is 57.7. The molecule has 0 amide bonds. The highest BCUT2D eigenvalue weighted by Crippen LogP contribution is 2.38. The molecule has 0 saturated heterocycles. The van der Waals surface area contributed by atoms with Crippen molar-refractivity contribution in [3.8, 4) is 0 Å².